The van der Waals surface area contributed by atoms with E-state index in [1.54, 1.807) is 0 Å². The maximum atomic E-state index is 11.1. The summed E-state index contributed by atoms with van der Waals surface area (Å²) in [6.45, 7) is 4.95. The van der Waals surface area contributed by atoms with Crippen molar-refractivity contribution in [2.75, 3.05) is 14.2 Å². The van der Waals surface area contributed by atoms with E-state index in [0.29, 0.717) is 12.8 Å². The second kappa shape index (κ2) is 28.9. The van der Waals surface area contributed by atoms with E-state index in [1.807, 2.05) is 0 Å². The third kappa shape index (κ3) is 26.5. The molecule has 2 atom stereocenters. The SMILES string of the molecule is COC(=O)CCCCCCCCCCCCCC(C)C(C)CCCCCCCCCCCCCC(=O)OC. The first-order valence-electron chi connectivity index (χ1n) is 16.6. The van der Waals surface area contributed by atoms with Crippen molar-refractivity contribution >= 4 is 11.9 Å². The Balaban J connectivity index is 3.32. The second-order valence-corrected chi connectivity index (χ2v) is 12.0. The molecule has 226 valence electrons. The number of carbonyl (C=O) groups excluding carboxylic acids is 2. The number of hydrogen-bond acceptors (Lipinski definition) is 4. The molecule has 0 fully saturated rings. The van der Waals surface area contributed by atoms with Crippen molar-refractivity contribution in [2.45, 2.75) is 181 Å². The minimum atomic E-state index is -0.0690. The third-order valence-corrected chi connectivity index (χ3v) is 8.51. The van der Waals surface area contributed by atoms with Crippen LogP contribution >= 0.6 is 0 Å². The van der Waals surface area contributed by atoms with Crippen LogP contribution in [0.15, 0.2) is 0 Å². The number of ether oxygens (including phenoxy) is 2. The average molecular weight is 539 g/mol. The summed E-state index contributed by atoms with van der Waals surface area (Å²) in [5.41, 5.74) is 0. The Labute approximate surface area is 237 Å². The van der Waals surface area contributed by atoms with Gasteiger partial charge in [0.05, 0.1) is 14.2 Å². The van der Waals surface area contributed by atoms with Gasteiger partial charge in [-0.05, 0) is 24.7 Å². The molecule has 0 amide bonds. The van der Waals surface area contributed by atoms with Crippen LogP contribution in [0.1, 0.15) is 181 Å². The Bertz CT molecular complexity index is 473. The van der Waals surface area contributed by atoms with Crippen LogP contribution in [0.2, 0.25) is 0 Å². The van der Waals surface area contributed by atoms with Gasteiger partial charge in [-0.3, -0.25) is 9.59 Å². The normalized spacial score (nSPS) is 12.8. The summed E-state index contributed by atoms with van der Waals surface area (Å²) < 4.78 is 9.36. The molecule has 38 heavy (non-hydrogen) atoms. The van der Waals surface area contributed by atoms with Gasteiger partial charge in [0, 0.05) is 12.8 Å². The number of carbonyl (C=O) groups is 2. The van der Waals surface area contributed by atoms with E-state index in [4.69, 9.17) is 0 Å². The van der Waals surface area contributed by atoms with Crippen LogP contribution in [0, 0.1) is 11.8 Å². The average Bonchev–Trinajstić information content (AvgIpc) is 2.92. The summed E-state index contributed by atoms with van der Waals surface area (Å²) in [6.07, 6.45) is 33.0. The smallest absolute Gasteiger partial charge is 0.305 e. The van der Waals surface area contributed by atoms with Crippen LogP contribution in [0.4, 0.5) is 0 Å². The van der Waals surface area contributed by atoms with E-state index in [1.165, 1.54) is 143 Å². The van der Waals surface area contributed by atoms with Gasteiger partial charge in [0.25, 0.3) is 0 Å². The molecule has 0 spiro atoms. The maximum absolute atomic E-state index is 11.1. The molecule has 0 bridgehead atoms. The lowest BCUT2D eigenvalue weighted by Crippen LogP contribution is -2.08. The van der Waals surface area contributed by atoms with Crippen LogP contribution in [0.3, 0.4) is 0 Å². The largest absolute Gasteiger partial charge is 0.469 e. The molecule has 0 saturated heterocycles. The van der Waals surface area contributed by atoms with Gasteiger partial charge in [-0.25, -0.2) is 0 Å². The number of rotatable bonds is 29. The highest BCUT2D eigenvalue weighted by molar-refractivity contribution is 5.69. The summed E-state index contributed by atoms with van der Waals surface area (Å²) in [5.74, 6) is 1.62. The first kappa shape index (κ1) is 36.9. The molecular weight excluding hydrogens is 472 g/mol. The Morgan fingerprint density at radius 2 is 0.605 bits per heavy atom. The van der Waals surface area contributed by atoms with Crippen molar-refractivity contribution in [2.24, 2.45) is 11.8 Å². The zero-order chi connectivity index (χ0) is 28.1. The zero-order valence-electron chi connectivity index (χ0n) is 26.2. The molecule has 0 rings (SSSR count). The van der Waals surface area contributed by atoms with E-state index < -0.39 is 0 Å². The molecular formula is C34H66O4. The molecule has 0 aliphatic rings. The molecule has 4 nitrogen and oxygen atoms in total. The Morgan fingerprint density at radius 3 is 0.842 bits per heavy atom. The summed E-state index contributed by atoms with van der Waals surface area (Å²) in [6, 6.07) is 0. The van der Waals surface area contributed by atoms with E-state index in [-0.39, 0.29) is 11.9 Å². The van der Waals surface area contributed by atoms with Gasteiger partial charge in [-0.2, -0.15) is 0 Å². The van der Waals surface area contributed by atoms with Gasteiger partial charge >= 0.3 is 11.9 Å². The molecule has 2 unspecified atom stereocenters. The van der Waals surface area contributed by atoms with Gasteiger partial charge < -0.3 is 9.47 Å². The maximum Gasteiger partial charge on any atom is 0.305 e. The fourth-order valence-corrected chi connectivity index (χ4v) is 5.43. The van der Waals surface area contributed by atoms with Gasteiger partial charge in [-0.1, -0.05) is 155 Å². The molecule has 0 aliphatic heterocycles. The van der Waals surface area contributed by atoms with Gasteiger partial charge in [0.2, 0.25) is 0 Å². The molecule has 0 heterocycles. The van der Waals surface area contributed by atoms with Crippen molar-refractivity contribution in [3.8, 4) is 0 Å². The molecule has 0 N–H and O–H groups in total. The topological polar surface area (TPSA) is 52.6 Å². The fraction of sp³-hybridized carbons (Fsp3) is 0.941. The molecule has 0 aromatic carbocycles. The van der Waals surface area contributed by atoms with Crippen molar-refractivity contribution < 1.29 is 19.1 Å². The molecule has 4 heteroatoms. The first-order valence-corrected chi connectivity index (χ1v) is 16.6. The Morgan fingerprint density at radius 1 is 0.395 bits per heavy atom. The number of hydrogen-bond donors (Lipinski definition) is 0. The number of unbranched alkanes of at least 4 members (excludes halogenated alkanes) is 20. The van der Waals surface area contributed by atoms with Crippen molar-refractivity contribution in [1.82, 2.24) is 0 Å². The van der Waals surface area contributed by atoms with Gasteiger partial charge in [0.1, 0.15) is 0 Å². The highest BCUT2D eigenvalue weighted by Crippen LogP contribution is 2.24. The summed E-state index contributed by atoms with van der Waals surface area (Å²) in [4.78, 5) is 22.1. The predicted octanol–water partition coefficient (Wildman–Crippen LogP) is 10.7. The van der Waals surface area contributed by atoms with E-state index in [2.05, 4.69) is 23.3 Å². The van der Waals surface area contributed by atoms with E-state index in [0.717, 1.165) is 37.5 Å². The summed E-state index contributed by atoms with van der Waals surface area (Å²) >= 11 is 0. The lowest BCUT2D eigenvalue weighted by molar-refractivity contribution is -0.141. The van der Waals surface area contributed by atoms with Crippen molar-refractivity contribution in [1.29, 1.82) is 0 Å². The molecule has 0 saturated carbocycles. The Hall–Kier alpha value is -1.06. The number of esters is 2. The van der Waals surface area contributed by atoms with E-state index in [9.17, 15) is 9.59 Å². The van der Waals surface area contributed by atoms with Gasteiger partial charge in [-0.15, -0.1) is 0 Å². The second-order valence-electron chi connectivity index (χ2n) is 12.0. The predicted molar refractivity (Wildman–Crippen MR) is 162 cm³/mol. The standard InChI is InChI=1S/C34H66O4/c1-31(27-23-19-15-11-7-5-9-13-17-21-25-29-33(35)37-3)32(2)28-24-20-16-12-8-6-10-14-18-22-26-30-34(36)38-4/h31-32H,5-30H2,1-4H3. The lowest BCUT2D eigenvalue weighted by atomic mass is 9.86. The van der Waals surface area contributed by atoms with Crippen molar-refractivity contribution in [3.05, 3.63) is 0 Å². The first-order chi connectivity index (χ1) is 18.5. The molecule has 0 aromatic rings. The van der Waals surface area contributed by atoms with Crippen LogP contribution < -0.4 is 0 Å². The third-order valence-electron chi connectivity index (χ3n) is 8.51. The van der Waals surface area contributed by atoms with Crippen LogP contribution in [0.25, 0.3) is 0 Å². The van der Waals surface area contributed by atoms with Crippen LogP contribution in [0.5, 0.6) is 0 Å². The number of methoxy groups -OCH3 is 2. The monoisotopic (exact) mass is 538 g/mol. The Kier molecular flexibility index (Phi) is 28.1. The molecule has 0 radical (unpaired) electrons. The summed E-state index contributed by atoms with van der Waals surface area (Å²) in [7, 11) is 2.94. The fourth-order valence-electron chi connectivity index (χ4n) is 5.43. The highest BCUT2D eigenvalue weighted by atomic mass is 16.5. The minimum Gasteiger partial charge on any atom is -0.469 e. The zero-order valence-corrected chi connectivity index (χ0v) is 26.2. The lowest BCUT2D eigenvalue weighted by Gasteiger charge is -2.19. The molecule has 0 aromatic heterocycles. The quantitative estimate of drug-likeness (QED) is 0.0702. The van der Waals surface area contributed by atoms with Crippen LogP contribution in [-0.4, -0.2) is 26.2 Å². The van der Waals surface area contributed by atoms with Gasteiger partial charge in [0.15, 0.2) is 0 Å². The summed E-state index contributed by atoms with van der Waals surface area (Å²) in [5, 5.41) is 0. The van der Waals surface area contributed by atoms with Crippen LogP contribution in [-0.2, 0) is 19.1 Å². The molecule has 0 aliphatic carbocycles. The van der Waals surface area contributed by atoms with Crippen molar-refractivity contribution in [3.63, 3.8) is 0 Å². The van der Waals surface area contributed by atoms with E-state index >= 15 is 0 Å². The minimum absolute atomic E-state index is 0.0690. The highest BCUT2D eigenvalue weighted by Gasteiger charge is 2.11.